The summed E-state index contributed by atoms with van der Waals surface area (Å²) in [7, 11) is -6.00. The van der Waals surface area contributed by atoms with Gasteiger partial charge < -0.3 is 53.0 Å². The second kappa shape index (κ2) is 30.2. The minimum absolute atomic E-state index is 0. The van der Waals surface area contributed by atoms with E-state index in [1.807, 2.05) is 0 Å². The van der Waals surface area contributed by atoms with Crippen LogP contribution in [-0.2, 0) is 0 Å². The number of hydrogen-bond acceptors (Lipinski definition) is 0. The Balaban J connectivity index is -0.00000000222. The predicted molar refractivity (Wildman–Crippen MR) is 39.8 cm³/mol. The largest absolute Gasteiger partial charge is 2.00 e. The molecule has 0 aliphatic rings. The second-order valence-corrected chi connectivity index (χ2v) is 0.495. The summed E-state index contributed by atoms with van der Waals surface area (Å²) in [6.45, 7) is 0. The van der Waals surface area contributed by atoms with E-state index in [1.165, 1.54) is 0 Å². The van der Waals surface area contributed by atoms with Gasteiger partial charge in [0.25, 0.3) is 0 Å². The van der Waals surface area contributed by atoms with Gasteiger partial charge in [0, 0.05) is 0 Å². The van der Waals surface area contributed by atoms with E-state index in [0.29, 0.717) is 0 Å². The van der Waals surface area contributed by atoms with Gasteiger partial charge in [-0.25, -0.2) is 0 Å². The molecule has 0 fully saturated rings. The zero-order valence-corrected chi connectivity index (χ0v) is 7.21. The Labute approximate surface area is 84.0 Å². The van der Waals surface area contributed by atoms with Crippen molar-refractivity contribution in [1.29, 1.82) is 0 Å². The van der Waals surface area contributed by atoms with Crippen LogP contribution in [0.15, 0.2) is 0 Å². The number of rotatable bonds is 0. The molecule has 0 aromatic rings. The third-order valence-corrected chi connectivity index (χ3v) is 0. The van der Waals surface area contributed by atoms with Gasteiger partial charge in [0.15, 0.2) is 0 Å². The van der Waals surface area contributed by atoms with E-state index in [4.69, 9.17) is 0 Å². The first kappa shape index (κ1) is 84.7. The Morgan fingerprint density at radius 3 is 0.583 bits per heavy atom. The van der Waals surface area contributed by atoms with Crippen LogP contribution in [0.4, 0.5) is 17.3 Å². The first-order chi connectivity index (χ1) is 2.00. The summed E-state index contributed by atoms with van der Waals surface area (Å²) in [5, 5.41) is 0. The van der Waals surface area contributed by atoms with Gasteiger partial charge in [0.2, 0.25) is 0 Å². The average Bonchev–Trinajstić information content (AvgIpc) is 0.722. The van der Waals surface area contributed by atoms with Crippen LogP contribution in [0.5, 0.6) is 0 Å². The summed E-state index contributed by atoms with van der Waals surface area (Å²) in [5.41, 5.74) is 0. The van der Waals surface area contributed by atoms with Gasteiger partial charge in [-0.05, 0) is 0 Å². The Morgan fingerprint density at radius 2 is 0.583 bits per heavy atom. The predicted octanol–water partition coefficient (Wildman–Crippen LogP) is -3.80. The summed E-state index contributed by atoms with van der Waals surface area (Å²) in [5.74, 6) is 0. The zero-order chi connectivity index (χ0) is 4.50. The van der Waals surface area contributed by atoms with Crippen LogP contribution in [0.1, 0.15) is 2.85 Å². The zero-order valence-electron chi connectivity index (χ0n) is 7.80. The fourth-order valence-electron chi connectivity index (χ4n) is 0. The van der Waals surface area contributed by atoms with Crippen molar-refractivity contribution in [1.82, 2.24) is 0 Å². The Morgan fingerprint density at radius 1 is 0.583 bits per heavy atom. The van der Waals surface area contributed by atoms with Crippen LogP contribution < -0.4 is 0 Å². The maximum Gasteiger partial charge on any atom is 2.00 e. The van der Waals surface area contributed by atoms with Gasteiger partial charge in [-0.2, -0.15) is 0 Å². The van der Waals surface area contributed by atoms with Gasteiger partial charge in [-0.15, -0.1) is 0 Å². The van der Waals surface area contributed by atoms with E-state index in [0.717, 1.165) is 0 Å². The summed E-state index contributed by atoms with van der Waals surface area (Å²) in [6, 6.07) is 0. The molecule has 0 unspecified atom stereocenters. The van der Waals surface area contributed by atoms with Gasteiger partial charge in [-0.1, -0.05) is 0 Å². The van der Waals surface area contributed by atoms with Crippen LogP contribution in [0.25, 0.3) is 0 Å². The molecule has 6 nitrogen and oxygen atoms in total. The monoisotopic (exact) mass is 221 g/mol. The summed E-state index contributed by atoms with van der Waals surface area (Å²) < 4.78 is 39.0. The van der Waals surface area contributed by atoms with E-state index in [-0.39, 0.29) is 58.8 Å². The van der Waals surface area contributed by atoms with Crippen molar-refractivity contribution in [3.05, 3.63) is 0 Å². The first-order valence-electron chi connectivity index (χ1n) is 0.873. The van der Waals surface area contributed by atoms with E-state index in [2.05, 4.69) is 0 Å². The minimum Gasteiger partial charge on any atom is -1.00 e. The molecule has 0 bridgehead atoms. The molecule has 0 rings (SSSR count). The topological polar surface area (TPSA) is 189 Å². The van der Waals surface area contributed by atoms with Crippen molar-refractivity contribution in [3.8, 4) is 0 Å². The summed E-state index contributed by atoms with van der Waals surface area (Å²) in [6.07, 6.45) is 0. The van der Waals surface area contributed by atoms with Crippen LogP contribution >= 0.6 is 0 Å². The number of hydrogen-bond donors (Lipinski definition) is 0. The fraction of sp³-hybridized carbons (Fsp3) is 0. The molecule has 0 saturated heterocycles. The van der Waals surface area contributed by atoms with Gasteiger partial charge in [-0.3, -0.25) is 0 Å². The molecule has 0 radical (unpaired) electrons. The third-order valence-electron chi connectivity index (χ3n) is 0. The van der Waals surface area contributed by atoms with Gasteiger partial charge in [0.1, 0.15) is 0 Å². The Kier molecular flexibility index (Phi) is 213. The summed E-state index contributed by atoms with van der Waals surface area (Å²) in [4.78, 5) is 0. The van der Waals surface area contributed by atoms with Crippen LogP contribution in [-0.4, -0.2) is 63.2 Å². The van der Waals surface area contributed by atoms with E-state index >= 15 is 0 Å². The van der Waals surface area contributed by atoms with Gasteiger partial charge >= 0.3 is 30.3 Å². The molecule has 0 amide bonds. The van der Waals surface area contributed by atoms with Crippen LogP contribution in [0.3, 0.4) is 0 Å². The molecule has 0 aromatic carbocycles. The van der Waals surface area contributed by atoms with Crippen molar-refractivity contribution in [2.45, 2.75) is 0 Å². The van der Waals surface area contributed by atoms with E-state index in [1.54, 1.807) is 0 Å². The summed E-state index contributed by atoms with van der Waals surface area (Å²) >= 11 is 0. The molecule has 0 saturated carbocycles. The molecule has 0 aliphatic carbocycles. The minimum atomic E-state index is -6.00. The molecule has 0 heterocycles. The average molecular weight is 221 g/mol. The number of halogens is 4. The molecule has 84 valence electrons. The molecule has 0 atom stereocenters. The fourth-order valence-corrected chi connectivity index (χ4v) is 0. The maximum atomic E-state index is 9.75. The van der Waals surface area contributed by atoms with E-state index in [9.17, 15) is 17.3 Å². The van der Waals surface area contributed by atoms with Crippen molar-refractivity contribution in [3.63, 3.8) is 0 Å². The molecule has 0 spiro atoms. The first-order valence-corrected chi connectivity index (χ1v) is 0.873. The quantitative estimate of drug-likeness (QED) is 0.286. The van der Waals surface area contributed by atoms with Crippen LogP contribution in [0.2, 0.25) is 0 Å². The Bertz CT molecular complexity index is 43.3. The maximum absolute atomic E-state index is 9.75. The van der Waals surface area contributed by atoms with Crippen LogP contribution in [0, 0.1) is 0 Å². The molecular weight excluding hydrogens is 207 g/mol. The standard InChI is InChI=1S/BF4.Mg.6H2O.2H/c2-1(3,4)5;;;;;;;;;/h;;6*1H2;;/q-1;+2;;;;;;;2*-1. The smallest absolute Gasteiger partial charge is 1.00 e. The molecular formula is H14BF4MgO6-. The SMILES string of the molecule is F[B-](F)(F)F.O.O.O.O.O.O.[H-].[H-].[Mg+2]. The van der Waals surface area contributed by atoms with Crippen molar-refractivity contribution >= 4 is 30.3 Å². The Hall–Kier alpha value is 0.311. The molecule has 12 N–H and O–H groups in total. The normalized spacial score (nSPS) is 5.00. The van der Waals surface area contributed by atoms with Gasteiger partial charge in [0.05, 0.1) is 0 Å². The molecule has 12 heavy (non-hydrogen) atoms. The molecule has 12 heteroatoms. The molecule has 0 aromatic heterocycles. The molecule has 0 aliphatic heterocycles. The second-order valence-electron chi connectivity index (χ2n) is 0.495. The van der Waals surface area contributed by atoms with Crippen molar-refractivity contribution < 1.29 is 53.0 Å². The van der Waals surface area contributed by atoms with E-state index < -0.39 is 7.25 Å². The third kappa shape index (κ3) is 9230. The van der Waals surface area contributed by atoms with Crippen molar-refractivity contribution in [2.75, 3.05) is 0 Å². The van der Waals surface area contributed by atoms with Crippen molar-refractivity contribution in [2.24, 2.45) is 0 Å².